The van der Waals surface area contributed by atoms with Crippen molar-refractivity contribution in [3.63, 3.8) is 0 Å². The van der Waals surface area contributed by atoms with Crippen molar-refractivity contribution in [2.75, 3.05) is 0 Å². The largest absolute Gasteiger partial charge is 0.392 e. The number of benzene rings is 2. The Kier molecular flexibility index (Phi) is 2.06. The van der Waals surface area contributed by atoms with Crippen molar-refractivity contribution in [3.05, 3.63) is 59.2 Å². The van der Waals surface area contributed by atoms with Crippen molar-refractivity contribution >= 4 is 0 Å². The second-order valence-electron chi connectivity index (χ2n) is 4.03. The van der Waals surface area contributed by atoms with Gasteiger partial charge in [-0.15, -0.1) is 0 Å². The van der Waals surface area contributed by atoms with E-state index >= 15 is 0 Å². The maximum atomic E-state index is 10.2. The summed E-state index contributed by atoms with van der Waals surface area (Å²) in [5.41, 5.74) is 4.70. The fraction of sp³-hybridized carbons (Fsp3) is 0.143. The summed E-state index contributed by atoms with van der Waals surface area (Å²) in [5, 5.41) is 19.5. The minimum atomic E-state index is -0.602. The lowest BCUT2D eigenvalue weighted by Crippen LogP contribution is -1.99. The molecule has 1 unspecified atom stereocenters. The van der Waals surface area contributed by atoms with E-state index in [-0.39, 0.29) is 6.61 Å². The van der Waals surface area contributed by atoms with Crippen LogP contribution < -0.4 is 0 Å². The summed E-state index contributed by atoms with van der Waals surface area (Å²) < 4.78 is 0. The molecule has 0 aromatic heterocycles. The van der Waals surface area contributed by atoms with Crippen LogP contribution >= 0.6 is 0 Å². The first-order valence-corrected chi connectivity index (χ1v) is 5.33. The zero-order valence-electron chi connectivity index (χ0n) is 8.72. The van der Waals surface area contributed by atoms with Gasteiger partial charge in [0.1, 0.15) is 6.10 Å². The summed E-state index contributed by atoms with van der Waals surface area (Å²) >= 11 is 0. The Labute approximate surface area is 93.8 Å². The number of rotatable bonds is 1. The quantitative estimate of drug-likeness (QED) is 0.761. The summed E-state index contributed by atoms with van der Waals surface area (Å²) in [4.78, 5) is 0. The Hall–Kier alpha value is -1.64. The molecular formula is C14H12O2. The van der Waals surface area contributed by atoms with Gasteiger partial charge in [0.2, 0.25) is 0 Å². The summed E-state index contributed by atoms with van der Waals surface area (Å²) in [5.74, 6) is 0. The molecule has 0 aliphatic heterocycles. The SMILES string of the molecule is OCc1cccc2c1C(O)c1ccccc1-2. The molecular weight excluding hydrogens is 200 g/mol. The van der Waals surface area contributed by atoms with Gasteiger partial charge in [-0.1, -0.05) is 42.5 Å². The highest BCUT2D eigenvalue weighted by Gasteiger charge is 2.28. The second kappa shape index (κ2) is 3.44. The molecule has 0 radical (unpaired) electrons. The summed E-state index contributed by atoms with van der Waals surface area (Å²) in [7, 11) is 0. The molecule has 2 nitrogen and oxygen atoms in total. The van der Waals surface area contributed by atoms with E-state index in [1.807, 2.05) is 42.5 Å². The average Bonchev–Trinajstić information content (AvgIpc) is 2.64. The molecule has 1 aliphatic carbocycles. The molecule has 0 amide bonds. The monoisotopic (exact) mass is 212 g/mol. The van der Waals surface area contributed by atoms with Crippen molar-refractivity contribution in [2.45, 2.75) is 12.7 Å². The molecule has 0 spiro atoms. The molecule has 0 saturated carbocycles. The Morgan fingerprint density at radius 3 is 2.50 bits per heavy atom. The van der Waals surface area contributed by atoms with Gasteiger partial charge < -0.3 is 10.2 Å². The molecule has 2 aromatic rings. The van der Waals surface area contributed by atoms with Crippen molar-refractivity contribution in [1.82, 2.24) is 0 Å². The Morgan fingerprint density at radius 2 is 1.69 bits per heavy atom. The van der Waals surface area contributed by atoms with Gasteiger partial charge in [0, 0.05) is 0 Å². The molecule has 0 bridgehead atoms. The third kappa shape index (κ3) is 1.14. The van der Waals surface area contributed by atoms with Gasteiger partial charge in [-0.2, -0.15) is 0 Å². The molecule has 16 heavy (non-hydrogen) atoms. The minimum absolute atomic E-state index is 0.0335. The van der Waals surface area contributed by atoms with E-state index in [1.54, 1.807) is 0 Å². The highest BCUT2D eigenvalue weighted by Crippen LogP contribution is 2.44. The summed E-state index contributed by atoms with van der Waals surface area (Å²) in [6.07, 6.45) is -0.602. The van der Waals surface area contributed by atoms with Gasteiger partial charge in [0.25, 0.3) is 0 Å². The van der Waals surface area contributed by atoms with Crippen LogP contribution in [0.5, 0.6) is 0 Å². The van der Waals surface area contributed by atoms with Crippen LogP contribution in [0.1, 0.15) is 22.8 Å². The number of aliphatic hydroxyl groups excluding tert-OH is 2. The molecule has 2 N–H and O–H groups in total. The van der Waals surface area contributed by atoms with E-state index in [9.17, 15) is 10.2 Å². The number of hydrogen-bond donors (Lipinski definition) is 2. The predicted molar refractivity (Wildman–Crippen MR) is 61.9 cm³/mol. The first-order chi connectivity index (χ1) is 7.83. The van der Waals surface area contributed by atoms with Crippen LogP contribution in [0, 0.1) is 0 Å². The Bertz CT molecular complexity index is 546. The smallest absolute Gasteiger partial charge is 0.106 e. The van der Waals surface area contributed by atoms with Crippen LogP contribution in [-0.2, 0) is 6.61 Å². The number of hydrogen-bond acceptors (Lipinski definition) is 2. The lowest BCUT2D eigenvalue weighted by molar-refractivity contribution is 0.218. The Morgan fingerprint density at radius 1 is 0.938 bits per heavy atom. The standard InChI is InChI=1S/C14H12O2/c15-8-9-4-3-7-11-10-5-1-2-6-12(10)14(16)13(9)11/h1-7,14-16H,8H2. The summed E-state index contributed by atoms with van der Waals surface area (Å²) in [6.45, 7) is -0.0335. The van der Waals surface area contributed by atoms with Crippen molar-refractivity contribution in [1.29, 1.82) is 0 Å². The second-order valence-corrected chi connectivity index (χ2v) is 4.03. The third-order valence-corrected chi connectivity index (χ3v) is 3.19. The van der Waals surface area contributed by atoms with Crippen LogP contribution in [-0.4, -0.2) is 10.2 Å². The van der Waals surface area contributed by atoms with Crippen LogP contribution in [0.15, 0.2) is 42.5 Å². The highest BCUT2D eigenvalue weighted by atomic mass is 16.3. The lowest BCUT2D eigenvalue weighted by atomic mass is 10.0. The highest BCUT2D eigenvalue weighted by molar-refractivity contribution is 5.79. The molecule has 0 saturated heterocycles. The maximum Gasteiger partial charge on any atom is 0.106 e. The van der Waals surface area contributed by atoms with Crippen LogP contribution in [0.2, 0.25) is 0 Å². The molecule has 3 rings (SSSR count). The molecule has 1 aliphatic rings. The summed E-state index contributed by atoms with van der Waals surface area (Å²) in [6, 6.07) is 13.6. The molecule has 80 valence electrons. The molecule has 0 fully saturated rings. The van der Waals surface area contributed by atoms with E-state index in [4.69, 9.17) is 0 Å². The molecule has 2 aromatic carbocycles. The van der Waals surface area contributed by atoms with E-state index in [0.717, 1.165) is 27.8 Å². The van der Waals surface area contributed by atoms with Gasteiger partial charge in [-0.05, 0) is 27.8 Å². The van der Waals surface area contributed by atoms with Crippen LogP contribution in [0.4, 0.5) is 0 Å². The van der Waals surface area contributed by atoms with E-state index in [2.05, 4.69) is 0 Å². The Balaban J connectivity index is 2.32. The van der Waals surface area contributed by atoms with E-state index in [1.165, 1.54) is 0 Å². The zero-order chi connectivity index (χ0) is 11.1. The molecule has 0 heterocycles. The first kappa shape index (κ1) is 9.58. The first-order valence-electron chi connectivity index (χ1n) is 5.33. The van der Waals surface area contributed by atoms with E-state index in [0.29, 0.717) is 0 Å². The van der Waals surface area contributed by atoms with Crippen molar-refractivity contribution < 1.29 is 10.2 Å². The van der Waals surface area contributed by atoms with Gasteiger partial charge in [-0.3, -0.25) is 0 Å². The predicted octanol–water partition coefficient (Wildman–Crippen LogP) is 2.24. The maximum absolute atomic E-state index is 10.2. The normalized spacial score (nSPS) is 17.0. The number of fused-ring (bicyclic) bond motifs is 3. The van der Waals surface area contributed by atoms with Gasteiger partial charge in [-0.25, -0.2) is 0 Å². The third-order valence-electron chi connectivity index (χ3n) is 3.19. The minimum Gasteiger partial charge on any atom is -0.392 e. The molecule has 1 atom stereocenters. The van der Waals surface area contributed by atoms with E-state index < -0.39 is 6.10 Å². The van der Waals surface area contributed by atoms with Crippen molar-refractivity contribution in [2.24, 2.45) is 0 Å². The number of aliphatic hydroxyl groups is 2. The van der Waals surface area contributed by atoms with Crippen LogP contribution in [0.25, 0.3) is 11.1 Å². The fourth-order valence-corrected chi connectivity index (χ4v) is 2.44. The fourth-order valence-electron chi connectivity index (χ4n) is 2.44. The van der Waals surface area contributed by atoms with Crippen molar-refractivity contribution in [3.8, 4) is 11.1 Å². The average molecular weight is 212 g/mol. The zero-order valence-corrected chi connectivity index (χ0v) is 8.72. The van der Waals surface area contributed by atoms with Gasteiger partial charge in [0.15, 0.2) is 0 Å². The van der Waals surface area contributed by atoms with Crippen LogP contribution in [0.3, 0.4) is 0 Å². The van der Waals surface area contributed by atoms with Gasteiger partial charge >= 0.3 is 0 Å². The molecule has 2 heteroatoms. The topological polar surface area (TPSA) is 40.5 Å². The van der Waals surface area contributed by atoms with Gasteiger partial charge in [0.05, 0.1) is 6.61 Å². The lowest BCUT2D eigenvalue weighted by Gasteiger charge is -2.09.